The summed E-state index contributed by atoms with van der Waals surface area (Å²) in [5.41, 5.74) is 6.93. The molecule has 2 aromatic rings. The molecule has 6 heteroatoms. The number of carbonyl (C=O) groups excluding carboxylic acids is 2. The second-order valence-electron chi connectivity index (χ2n) is 6.76. The van der Waals surface area contributed by atoms with Gasteiger partial charge in [0.2, 0.25) is 5.91 Å². The molecular formula is C18H21N3O3. The monoisotopic (exact) mass is 327 g/mol. The van der Waals surface area contributed by atoms with Crippen molar-refractivity contribution in [2.24, 2.45) is 17.6 Å². The molecule has 3 atom stereocenters. The normalized spacial score (nSPS) is 25.9. The lowest BCUT2D eigenvalue weighted by Crippen LogP contribution is -2.46. The maximum Gasteiger partial charge on any atom is 0.271 e. The highest BCUT2D eigenvalue weighted by Crippen LogP contribution is 2.42. The van der Waals surface area contributed by atoms with Gasteiger partial charge in [-0.3, -0.25) is 9.59 Å². The zero-order chi connectivity index (χ0) is 16.8. The molecule has 2 fully saturated rings. The van der Waals surface area contributed by atoms with Crippen molar-refractivity contribution < 1.29 is 14.3 Å². The van der Waals surface area contributed by atoms with E-state index in [9.17, 15) is 9.59 Å². The van der Waals surface area contributed by atoms with Crippen LogP contribution in [0.15, 0.2) is 24.3 Å². The highest BCUT2D eigenvalue weighted by atomic mass is 16.5. The number of methoxy groups -OCH3 is 1. The van der Waals surface area contributed by atoms with Crippen molar-refractivity contribution >= 4 is 22.7 Å². The van der Waals surface area contributed by atoms with Crippen LogP contribution < -0.4 is 10.5 Å². The molecule has 6 nitrogen and oxygen atoms in total. The van der Waals surface area contributed by atoms with Gasteiger partial charge in [0.05, 0.1) is 7.11 Å². The quantitative estimate of drug-likeness (QED) is 0.902. The molecule has 1 aromatic carbocycles. The van der Waals surface area contributed by atoms with E-state index in [0.29, 0.717) is 23.9 Å². The van der Waals surface area contributed by atoms with Gasteiger partial charge in [-0.05, 0) is 42.9 Å². The van der Waals surface area contributed by atoms with Crippen LogP contribution in [0.4, 0.5) is 0 Å². The van der Waals surface area contributed by atoms with Gasteiger partial charge >= 0.3 is 0 Å². The third-order valence-corrected chi connectivity index (χ3v) is 5.52. The van der Waals surface area contributed by atoms with Gasteiger partial charge in [0, 0.05) is 17.4 Å². The van der Waals surface area contributed by atoms with Crippen LogP contribution in [0.25, 0.3) is 10.9 Å². The number of rotatable bonds is 3. The van der Waals surface area contributed by atoms with Crippen LogP contribution in [0.3, 0.4) is 0 Å². The van der Waals surface area contributed by atoms with Crippen LogP contribution in [-0.4, -0.2) is 41.4 Å². The smallest absolute Gasteiger partial charge is 0.271 e. The van der Waals surface area contributed by atoms with Gasteiger partial charge in [-0.2, -0.15) is 0 Å². The minimum Gasteiger partial charge on any atom is -0.496 e. The number of nitrogens with zero attached hydrogens (tertiary/aromatic N) is 1. The number of nitrogens with one attached hydrogen (secondary N) is 1. The fraction of sp³-hybridized carbons (Fsp3) is 0.444. The Hall–Kier alpha value is -2.50. The molecule has 4 rings (SSSR count). The number of nitrogens with two attached hydrogens (primary N) is 1. The van der Waals surface area contributed by atoms with Gasteiger partial charge in [-0.1, -0.05) is 12.5 Å². The Morgan fingerprint density at radius 2 is 2.17 bits per heavy atom. The molecule has 2 amide bonds. The lowest BCUT2D eigenvalue weighted by molar-refractivity contribution is -0.122. The van der Waals surface area contributed by atoms with Gasteiger partial charge in [0.25, 0.3) is 5.91 Å². The summed E-state index contributed by atoms with van der Waals surface area (Å²) in [6, 6.07) is 6.94. The highest BCUT2D eigenvalue weighted by Gasteiger charge is 2.48. The predicted octanol–water partition coefficient (Wildman–Crippen LogP) is 1.90. The molecule has 1 saturated carbocycles. The summed E-state index contributed by atoms with van der Waals surface area (Å²) in [4.78, 5) is 29.8. The Morgan fingerprint density at radius 3 is 2.92 bits per heavy atom. The minimum absolute atomic E-state index is 0.161. The molecule has 1 aliphatic carbocycles. The fourth-order valence-corrected chi connectivity index (χ4v) is 4.45. The molecule has 24 heavy (non-hydrogen) atoms. The number of H-pyrrole nitrogens is 1. The topological polar surface area (TPSA) is 88.4 Å². The predicted molar refractivity (Wildman–Crippen MR) is 89.7 cm³/mol. The minimum atomic E-state index is -0.488. The lowest BCUT2D eigenvalue weighted by Gasteiger charge is -2.24. The number of carbonyl (C=O) groups is 2. The van der Waals surface area contributed by atoms with Crippen LogP contribution in [0, 0.1) is 11.8 Å². The van der Waals surface area contributed by atoms with Gasteiger partial charge in [0.15, 0.2) is 0 Å². The number of benzene rings is 1. The Kier molecular flexibility index (Phi) is 3.48. The van der Waals surface area contributed by atoms with Crippen LogP contribution in [0.2, 0.25) is 0 Å². The average Bonchev–Trinajstić information content (AvgIpc) is 3.25. The molecule has 1 aliphatic heterocycles. The number of amides is 2. The van der Waals surface area contributed by atoms with Crippen molar-refractivity contribution in [3.05, 3.63) is 30.0 Å². The van der Waals surface area contributed by atoms with E-state index in [1.54, 1.807) is 18.1 Å². The fourth-order valence-electron chi connectivity index (χ4n) is 4.45. The molecule has 2 aliphatic rings. The SMILES string of the molecule is COc1cccc2[nH]c(C(=O)N3CC4CCCC4C3C(N)=O)cc12. The van der Waals surface area contributed by atoms with Crippen molar-refractivity contribution in [2.75, 3.05) is 13.7 Å². The number of primary amides is 1. The van der Waals surface area contributed by atoms with Crippen molar-refractivity contribution in [1.29, 1.82) is 0 Å². The van der Waals surface area contributed by atoms with Gasteiger partial charge in [-0.25, -0.2) is 0 Å². The van der Waals surface area contributed by atoms with Crippen molar-refractivity contribution in [1.82, 2.24) is 9.88 Å². The molecule has 126 valence electrons. The van der Waals surface area contributed by atoms with Crippen LogP contribution in [0.5, 0.6) is 5.75 Å². The average molecular weight is 327 g/mol. The molecular weight excluding hydrogens is 306 g/mol. The standard InChI is InChI=1S/C18H21N3O3/c1-24-15-7-3-6-13-12(15)8-14(20-13)18(23)21-9-10-4-2-5-11(10)16(21)17(19)22/h3,6-8,10-11,16,20H,2,4-5,9H2,1H3,(H2,19,22). The zero-order valence-electron chi connectivity index (χ0n) is 13.6. The van der Waals surface area contributed by atoms with E-state index in [0.717, 1.165) is 30.2 Å². The molecule has 0 radical (unpaired) electrons. The Balaban J connectivity index is 1.69. The summed E-state index contributed by atoms with van der Waals surface area (Å²) in [5.74, 6) is 0.765. The largest absolute Gasteiger partial charge is 0.496 e. The first-order chi connectivity index (χ1) is 11.6. The zero-order valence-corrected chi connectivity index (χ0v) is 13.6. The van der Waals surface area contributed by atoms with Crippen LogP contribution in [-0.2, 0) is 4.79 Å². The number of aromatic amines is 1. The van der Waals surface area contributed by atoms with Crippen LogP contribution >= 0.6 is 0 Å². The molecule has 1 saturated heterocycles. The molecule has 0 bridgehead atoms. The van der Waals surface area contributed by atoms with Gasteiger partial charge in [-0.15, -0.1) is 0 Å². The maximum absolute atomic E-state index is 13.0. The number of ether oxygens (including phenoxy) is 1. The molecule has 2 heterocycles. The third-order valence-electron chi connectivity index (χ3n) is 5.52. The van der Waals surface area contributed by atoms with Crippen LogP contribution in [0.1, 0.15) is 29.8 Å². The first-order valence-electron chi connectivity index (χ1n) is 8.36. The first kappa shape index (κ1) is 15.1. The summed E-state index contributed by atoms with van der Waals surface area (Å²) in [6.45, 7) is 0.615. The summed E-state index contributed by atoms with van der Waals surface area (Å²) in [5, 5.41) is 0.860. The number of aromatic nitrogens is 1. The summed E-state index contributed by atoms with van der Waals surface area (Å²) < 4.78 is 5.35. The number of hydrogen-bond donors (Lipinski definition) is 2. The van der Waals surface area contributed by atoms with E-state index in [1.165, 1.54) is 0 Å². The number of likely N-dealkylation sites (tertiary alicyclic amines) is 1. The Bertz CT molecular complexity index is 813. The summed E-state index contributed by atoms with van der Waals surface area (Å²) in [7, 11) is 1.61. The van der Waals surface area contributed by atoms with Crippen molar-refractivity contribution in [3.8, 4) is 5.75 Å². The van der Waals surface area contributed by atoms with E-state index in [2.05, 4.69) is 4.98 Å². The second kappa shape index (κ2) is 5.54. The lowest BCUT2D eigenvalue weighted by atomic mass is 9.94. The highest BCUT2D eigenvalue weighted by molar-refractivity contribution is 6.01. The van der Waals surface area contributed by atoms with E-state index in [-0.39, 0.29) is 11.8 Å². The second-order valence-corrected chi connectivity index (χ2v) is 6.76. The van der Waals surface area contributed by atoms with Gasteiger partial charge in [0.1, 0.15) is 17.5 Å². The molecule has 1 aromatic heterocycles. The van der Waals surface area contributed by atoms with E-state index in [1.807, 2.05) is 18.2 Å². The molecule has 0 spiro atoms. The van der Waals surface area contributed by atoms with Crippen molar-refractivity contribution in [3.63, 3.8) is 0 Å². The van der Waals surface area contributed by atoms with E-state index in [4.69, 9.17) is 10.5 Å². The van der Waals surface area contributed by atoms with Crippen molar-refractivity contribution in [2.45, 2.75) is 25.3 Å². The molecule has 3 N–H and O–H groups in total. The Labute approximate surface area is 139 Å². The van der Waals surface area contributed by atoms with E-state index < -0.39 is 11.9 Å². The van der Waals surface area contributed by atoms with E-state index >= 15 is 0 Å². The Morgan fingerprint density at radius 1 is 1.33 bits per heavy atom. The van der Waals surface area contributed by atoms with Gasteiger partial charge < -0.3 is 20.4 Å². The number of fused-ring (bicyclic) bond motifs is 2. The first-order valence-corrected chi connectivity index (χ1v) is 8.36. The summed E-state index contributed by atoms with van der Waals surface area (Å²) in [6.07, 6.45) is 3.16. The summed E-state index contributed by atoms with van der Waals surface area (Å²) >= 11 is 0. The molecule has 3 unspecified atom stereocenters. The maximum atomic E-state index is 13.0. The third kappa shape index (κ3) is 2.17. The number of hydrogen-bond acceptors (Lipinski definition) is 3.